The summed E-state index contributed by atoms with van der Waals surface area (Å²) in [6.07, 6.45) is 0. The number of hydrogen-bond donors (Lipinski definition) is 0. The lowest BCUT2D eigenvalue weighted by molar-refractivity contribution is 0.510. The summed E-state index contributed by atoms with van der Waals surface area (Å²) in [4.78, 5) is 0. The number of rotatable bonds is 0. The first kappa shape index (κ1) is 8.99. The summed E-state index contributed by atoms with van der Waals surface area (Å²) in [5, 5.41) is -0.908. The van der Waals surface area contributed by atoms with Crippen LogP contribution in [0.3, 0.4) is 0 Å². The highest BCUT2D eigenvalue weighted by molar-refractivity contribution is 5.84. The zero-order chi connectivity index (χ0) is 10.3. The molecule has 2 rings (SSSR count). The normalized spacial score (nSPS) is 10.9. The van der Waals surface area contributed by atoms with Crippen LogP contribution >= 0.6 is 0 Å². The topological polar surface area (TPSA) is 0 Å². The van der Waals surface area contributed by atoms with E-state index in [9.17, 15) is 17.6 Å². The minimum absolute atomic E-state index is 0.260. The Hall–Kier alpha value is -1.58. The molecule has 0 saturated carbocycles. The summed E-state index contributed by atoms with van der Waals surface area (Å²) in [7, 11) is 0. The van der Waals surface area contributed by atoms with Crippen molar-refractivity contribution >= 4 is 10.8 Å². The minimum Gasteiger partial charge on any atom is -0.206 e. The van der Waals surface area contributed by atoms with Gasteiger partial charge in [-0.3, -0.25) is 0 Å². The van der Waals surface area contributed by atoms with E-state index in [1.165, 1.54) is 0 Å². The molecule has 0 unspecified atom stereocenters. The molecule has 0 bridgehead atoms. The number of halogens is 4. The molecule has 2 aromatic carbocycles. The number of hydrogen-bond acceptors (Lipinski definition) is 0. The second kappa shape index (κ2) is 2.97. The molecule has 0 fully saturated rings. The average molecular weight is 200 g/mol. The Bertz CT molecular complexity index is 505. The largest absolute Gasteiger partial charge is 0.206 e. The molecule has 0 heterocycles. The van der Waals surface area contributed by atoms with E-state index in [-0.39, 0.29) is 5.39 Å². The molecule has 2 aromatic rings. The van der Waals surface area contributed by atoms with E-state index in [1.807, 2.05) is 0 Å². The zero-order valence-corrected chi connectivity index (χ0v) is 6.82. The fourth-order valence-corrected chi connectivity index (χ4v) is 1.30. The van der Waals surface area contributed by atoms with Crippen molar-refractivity contribution in [1.82, 2.24) is 0 Å². The standard InChI is InChI=1S/C10H4F4/c11-6-3-4-7(12)9-5(6)1-2-8(13)10(9)14/h1-4H. The average Bonchev–Trinajstić information content (AvgIpc) is 2.16. The molecule has 0 aliphatic heterocycles. The third kappa shape index (κ3) is 1.14. The third-order valence-electron chi connectivity index (χ3n) is 1.97. The molecule has 72 valence electrons. The van der Waals surface area contributed by atoms with Crippen molar-refractivity contribution in [2.75, 3.05) is 0 Å². The zero-order valence-electron chi connectivity index (χ0n) is 6.82. The molecule has 0 aliphatic rings. The molecule has 0 aliphatic carbocycles. The molecule has 14 heavy (non-hydrogen) atoms. The molecular formula is C10H4F4. The fraction of sp³-hybridized carbons (Fsp3) is 0. The lowest BCUT2D eigenvalue weighted by Gasteiger charge is -2.02. The van der Waals surface area contributed by atoms with Crippen LogP contribution in [0.1, 0.15) is 0 Å². The van der Waals surface area contributed by atoms with Crippen molar-refractivity contribution in [3.8, 4) is 0 Å². The van der Waals surface area contributed by atoms with Crippen LogP contribution < -0.4 is 0 Å². The Morgan fingerprint density at radius 1 is 0.643 bits per heavy atom. The highest BCUT2D eigenvalue weighted by Crippen LogP contribution is 2.25. The van der Waals surface area contributed by atoms with E-state index < -0.39 is 28.7 Å². The molecular weight excluding hydrogens is 196 g/mol. The van der Waals surface area contributed by atoms with Crippen LogP contribution in [0.25, 0.3) is 10.8 Å². The van der Waals surface area contributed by atoms with Gasteiger partial charge in [-0.1, -0.05) is 0 Å². The van der Waals surface area contributed by atoms with Crippen molar-refractivity contribution in [3.05, 3.63) is 47.5 Å². The van der Waals surface area contributed by atoms with E-state index in [1.54, 1.807) is 0 Å². The lowest BCUT2D eigenvalue weighted by atomic mass is 10.1. The molecule has 4 heteroatoms. The maximum atomic E-state index is 13.1. The Balaban J connectivity index is 3.01. The van der Waals surface area contributed by atoms with Gasteiger partial charge in [-0.2, -0.15) is 0 Å². The maximum absolute atomic E-state index is 13.1. The van der Waals surface area contributed by atoms with Gasteiger partial charge in [0, 0.05) is 5.39 Å². The molecule has 0 N–H and O–H groups in total. The van der Waals surface area contributed by atoms with E-state index in [0.717, 1.165) is 24.3 Å². The van der Waals surface area contributed by atoms with Gasteiger partial charge in [0.1, 0.15) is 11.6 Å². The molecule has 0 aromatic heterocycles. The summed E-state index contributed by atoms with van der Waals surface area (Å²) in [5.41, 5.74) is 0. The van der Waals surface area contributed by atoms with Gasteiger partial charge in [-0.05, 0) is 24.3 Å². The minimum atomic E-state index is -1.36. The van der Waals surface area contributed by atoms with Gasteiger partial charge in [-0.25, -0.2) is 17.6 Å². The Morgan fingerprint density at radius 2 is 1.21 bits per heavy atom. The van der Waals surface area contributed by atoms with Crippen molar-refractivity contribution in [2.45, 2.75) is 0 Å². The van der Waals surface area contributed by atoms with Gasteiger partial charge >= 0.3 is 0 Å². The predicted molar refractivity (Wildman–Crippen MR) is 43.8 cm³/mol. The van der Waals surface area contributed by atoms with E-state index in [2.05, 4.69) is 0 Å². The molecule has 0 spiro atoms. The van der Waals surface area contributed by atoms with Gasteiger partial charge in [0.2, 0.25) is 0 Å². The van der Waals surface area contributed by atoms with Crippen LogP contribution in [-0.4, -0.2) is 0 Å². The lowest BCUT2D eigenvalue weighted by Crippen LogP contribution is -1.91. The van der Waals surface area contributed by atoms with E-state index in [4.69, 9.17) is 0 Å². The maximum Gasteiger partial charge on any atom is 0.169 e. The van der Waals surface area contributed by atoms with Gasteiger partial charge in [0.05, 0.1) is 5.39 Å². The molecule has 0 radical (unpaired) electrons. The summed E-state index contributed by atoms with van der Waals surface area (Å²) >= 11 is 0. The smallest absolute Gasteiger partial charge is 0.169 e. The molecule has 0 atom stereocenters. The fourth-order valence-electron chi connectivity index (χ4n) is 1.30. The summed E-state index contributed by atoms with van der Waals surface area (Å²) in [6, 6.07) is 3.40. The van der Waals surface area contributed by atoms with Gasteiger partial charge in [-0.15, -0.1) is 0 Å². The van der Waals surface area contributed by atoms with Crippen molar-refractivity contribution < 1.29 is 17.6 Å². The third-order valence-corrected chi connectivity index (χ3v) is 1.97. The van der Waals surface area contributed by atoms with Gasteiger partial charge < -0.3 is 0 Å². The van der Waals surface area contributed by atoms with Crippen LogP contribution in [0, 0.1) is 23.3 Å². The summed E-state index contributed by atoms with van der Waals surface area (Å²) < 4.78 is 51.8. The van der Waals surface area contributed by atoms with Crippen LogP contribution in [0.15, 0.2) is 24.3 Å². The van der Waals surface area contributed by atoms with Crippen LogP contribution in [0.5, 0.6) is 0 Å². The molecule has 0 saturated heterocycles. The van der Waals surface area contributed by atoms with Crippen molar-refractivity contribution in [3.63, 3.8) is 0 Å². The van der Waals surface area contributed by atoms with Gasteiger partial charge in [0.25, 0.3) is 0 Å². The molecule has 0 nitrogen and oxygen atoms in total. The van der Waals surface area contributed by atoms with Gasteiger partial charge in [0.15, 0.2) is 11.6 Å². The number of benzene rings is 2. The SMILES string of the molecule is Fc1ccc2c(F)ccc(F)c2c1F. The Kier molecular flexibility index (Phi) is 1.91. The second-order valence-electron chi connectivity index (χ2n) is 2.81. The summed E-state index contributed by atoms with van der Waals surface area (Å²) in [5.74, 6) is -4.31. The Morgan fingerprint density at radius 3 is 1.93 bits per heavy atom. The second-order valence-corrected chi connectivity index (χ2v) is 2.81. The highest BCUT2D eigenvalue weighted by atomic mass is 19.2. The predicted octanol–water partition coefficient (Wildman–Crippen LogP) is 3.40. The monoisotopic (exact) mass is 200 g/mol. The number of fused-ring (bicyclic) bond motifs is 1. The van der Waals surface area contributed by atoms with Crippen LogP contribution in [0.2, 0.25) is 0 Å². The van der Waals surface area contributed by atoms with Crippen molar-refractivity contribution in [2.24, 2.45) is 0 Å². The quantitative estimate of drug-likeness (QED) is 0.572. The highest BCUT2D eigenvalue weighted by Gasteiger charge is 2.13. The van der Waals surface area contributed by atoms with Crippen LogP contribution in [-0.2, 0) is 0 Å². The first-order valence-corrected chi connectivity index (χ1v) is 3.83. The van der Waals surface area contributed by atoms with E-state index >= 15 is 0 Å². The first-order valence-electron chi connectivity index (χ1n) is 3.83. The molecule has 0 amide bonds. The Labute approximate surface area is 76.8 Å². The first-order chi connectivity index (χ1) is 6.61. The summed E-state index contributed by atoms with van der Waals surface area (Å²) in [6.45, 7) is 0. The van der Waals surface area contributed by atoms with Crippen molar-refractivity contribution in [1.29, 1.82) is 0 Å². The van der Waals surface area contributed by atoms with E-state index in [0.29, 0.717) is 0 Å². The van der Waals surface area contributed by atoms with Crippen LogP contribution in [0.4, 0.5) is 17.6 Å².